The van der Waals surface area contributed by atoms with Gasteiger partial charge in [-0.15, -0.1) is 0 Å². The number of methoxy groups -OCH3 is 1. The number of amides is 1. The SMILES string of the molecule is CCC(CCNC(=NC)NCC(C)Oc1cccc(OC)c1)N1CCCC1=O. The van der Waals surface area contributed by atoms with E-state index in [0.717, 1.165) is 49.8 Å². The van der Waals surface area contributed by atoms with Gasteiger partial charge in [0.25, 0.3) is 0 Å². The molecule has 28 heavy (non-hydrogen) atoms. The van der Waals surface area contributed by atoms with Gasteiger partial charge in [-0.1, -0.05) is 13.0 Å². The zero-order valence-electron chi connectivity index (χ0n) is 17.5. The minimum atomic E-state index is -0.0312. The molecule has 0 aliphatic carbocycles. The van der Waals surface area contributed by atoms with Crippen LogP contribution < -0.4 is 20.1 Å². The van der Waals surface area contributed by atoms with Crippen LogP contribution in [-0.4, -0.2) is 62.7 Å². The quantitative estimate of drug-likeness (QED) is 0.474. The molecule has 0 radical (unpaired) electrons. The summed E-state index contributed by atoms with van der Waals surface area (Å²) in [4.78, 5) is 18.2. The molecule has 1 aliphatic rings. The molecule has 156 valence electrons. The number of aliphatic imine (C=N–C) groups is 1. The van der Waals surface area contributed by atoms with E-state index in [2.05, 4.69) is 22.5 Å². The smallest absolute Gasteiger partial charge is 0.222 e. The molecule has 2 atom stereocenters. The lowest BCUT2D eigenvalue weighted by molar-refractivity contribution is -0.129. The maximum absolute atomic E-state index is 11.9. The van der Waals surface area contributed by atoms with Crippen LogP contribution in [0.3, 0.4) is 0 Å². The van der Waals surface area contributed by atoms with Crippen molar-refractivity contribution in [1.29, 1.82) is 0 Å². The van der Waals surface area contributed by atoms with Crippen LogP contribution in [0, 0.1) is 0 Å². The summed E-state index contributed by atoms with van der Waals surface area (Å²) >= 11 is 0. The van der Waals surface area contributed by atoms with Crippen LogP contribution >= 0.6 is 0 Å². The number of hydrogen-bond acceptors (Lipinski definition) is 4. The maximum atomic E-state index is 11.9. The predicted molar refractivity (Wildman–Crippen MR) is 112 cm³/mol. The Labute approximate surface area is 168 Å². The molecular formula is C21H34N4O3. The van der Waals surface area contributed by atoms with Gasteiger partial charge in [-0.3, -0.25) is 9.79 Å². The molecule has 1 fully saturated rings. The molecule has 7 heteroatoms. The Morgan fingerprint density at radius 3 is 2.75 bits per heavy atom. The van der Waals surface area contributed by atoms with E-state index in [9.17, 15) is 4.79 Å². The highest BCUT2D eigenvalue weighted by atomic mass is 16.5. The van der Waals surface area contributed by atoms with Crippen molar-refractivity contribution in [3.63, 3.8) is 0 Å². The van der Waals surface area contributed by atoms with Crippen LogP contribution in [0.25, 0.3) is 0 Å². The van der Waals surface area contributed by atoms with E-state index in [-0.39, 0.29) is 12.0 Å². The summed E-state index contributed by atoms with van der Waals surface area (Å²) in [5, 5.41) is 6.63. The van der Waals surface area contributed by atoms with Crippen LogP contribution in [0.1, 0.15) is 39.5 Å². The van der Waals surface area contributed by atoms with Crippen LogP contribution in [0.4, 0.5) is 0 Å². The number of ether oxygens (including phenoxy) is 2. The standard InChI is InChI=1S/C21H34N4O3/c1-5-17(25-13-7-10-20(25)26)11-12-23-21(22-3)24-15-16(2)28-19-9-6-8-18(14-19)27-4/h6,8-9,14,16-17H,5,7,10-13,15H2,1-4H3,(H2,22,23,24). The first-order chi connectivity index (χ1) is 13.6. The number of benzene rings is 1. The van der Waals surface area contributed by atoms with Crippen molar-refractivity contribution in [1.82, 2.24) is 15.5 Å². The number of guanidine groups is 1. The van der Waals surface area contributed by atoms with Crippen molar-refractivity contribution in [2.24, 2.45) is 4.99 Å². The molecule has 7 nitrogen and oxygen atoms in total. The molecular weight excluding hydrogens is 356 g/mol. The molecule has 1 heterocycles. The summed E-state index contributed by atoms with van der Waals surface area (Å²) in [6.07, 6.45) is 3.54. The zero-order chi connectivity index (χ0) is 20.4. The average molecular weight is 391 g/mol. The molecule has 2 unspecified atom stereocenters. The molecule has 1 amide bonds. The van der Waals surface area contributed by atoms with Crippen molar-refractivity contribution in [3.8, 4) is 11.5 Å². The Hall–Kier alpha value is -2.44. The first kappa shape index (κ1) is 21.9. The summed E-state index contributed by atoms with van der Waals surface area (Å²) < 4.78 is 11.1. The summed E-state index contributed by atoms with van der Waals surface area (Å²) in [5.74, 6) is 2.58. The molecule has 1 aliphatic heterocycles. The molecule has 1 saturated heterocycles. The van der Waals surface area contributed by atoms with Gasteiger partial charge in [-0.25, -0.2) is 0 Å². The number of hydrogen-bond donors (Lipinski definition) is 2. The fourth-order valence-corrected chi connectivity index (χ4v) is 3.40. The van der Waals surface area contributed by atoms with Crippen LogP contribution in [0.15, 0.2) is 29.3 Å². The molecule has 1 aromatic carbocycles. The van der Waals surface area contributed by atoms with Crippen molar-refractivity contribution < 1.29 is 14.3 Å². The van der Waals surface area contributed by atoms with E-state index >= 15 is 0 Å². The molecule has 0 spiro atoms. The Kier molecular flexibility index (Phi) is 8.91. The number of likely N-dealkylation sites (tertiary alicyclic amines) is 1. The van der Waals surface area contributed by atoms with E-state index in [4.69, 9.17) is 9.47 Å². The van der Waals surface area contributed by atoms with Crippen molar-refractivity contribution >= 4 is 11.9 Å². The van der Waals surface area contributed by atoms with Crippen LogP contribution in [0.5, 0.6) is 11.5 Å². The fraction of sp³-hybridized carbons (Fsp3) is 0.619. The number of nitrogens with one attached hydrogen (secondary N) is 2. The van der Waals surface area contributed by atoms with E-state index in [1.54, 1.807) is 14.2 Å². The van der Waals surface area contributed by atoms with Crippen molar-refractivity contribution in [2.75, 3.05) is 33.8 Å². The predicted octanol–water partition coefficient (Wildman–Crippen LogP) is 2.42. The number of carbonyl (C=O) groups is 1. The Morgan fingerprint density at radius 1 is 1.32 bits per heavy atom. The minimum absolute atomic E-state index is 0.0312. The maximum Gasteiger partial charge on any atom is 0.222 e. The van der Waals surface area contributed by atoms with E-state index in [1.807, 2.05) is 36.1 Å². The first-order valence-corrected chi connectivity index (χ1v) is 10.1. The van der Waals surface area contributed by atoms with E-state index in [0.29, 0.717) is 19.0 Å². The topological polar surface area (TPSA) is 75.2 Å². The number of carbonyl (C=O) groups excluding carboxylic acids is 1. The van der Waals surface area contributed by atoms with Gasteiger partial charge < -0.3 is 25.0 Å². The molecule has 0 saturated carbocycles. The third-order valence-electron chi connectivity index (χ3n) is 4.95. The lowest BCUT2D eigenvalue weighted by atomic mass is 10.1. The highest BCUT2D eigenvalue weighted by molar-refractivity contribution is 5.79. The zero-order valence-corrected chi connectivity index (χ0v) is 17.5. The largest absolute Gasteiger partial charge is 0.497 e. The second kappa shape index (κ2) is 11.4. The number of nitrogens with zero attached hydrogens (tertiary/aromatic N) is 2. The fourth-order valence-electron chi connectivity index (χ4n) is 3.40. The second-order valence-corrected chi connectivity index (χ2v) is 7.03. The van der Waals surface area contributed by atoms with Gasteiger partial charge in [0.1, 0.15) is 17.6 Å². The number of rotatable bonds is 10. The van der Waals surface area contributed by atoms with Crippen LogP contribution in [0.2, 0.25) is 0 Å². The third-order valence-corrected chi connectivity index (χ3v) is 4.95. The highest BCUT2D eigenvalue weighted by Crippen LogP contribution is 2.20. The summed E-state index contributed by atoms with van der Waals surface area (Å²) in [6, 6.07) is 7.88. The summed E-state index contributed by atoms with van der Waals surface area (Å²) in [6.45, 7) is 6.43. The highest BCUT2D eigenvalue weighted by Gasteiger charge is 2.26. The van der Waals surface area contributed by atoms with E-state index in [1.165, 1.54) is 0 Å². The van der Waals surface area contributed by atoms with Gasteiger partial charge in [-0.2, -0.15) is 0 Å². The van der Waals surface area contributed by atoms with E-state index < -0.39 is 0 Å². The molecule has 0 bridgehead atoms. The average Bonchev–Trinajstić information content (AvgIpc) is 3.13. The lowest BCUT2D eigenvalue weighted by Crippen LogP contribution is -2.44. The summed E-state index contributed by atoms with van der Waals surface area (Å²) in [5.41, 5.74) is 0. The summed E-state index contributed by atoms with van der Waals surface area (Å²) in [7, 11) is 3.40. The molecule has 1 aromatic rings. The minimum Gasteiger partial charge on any atom is -0.497 e. The van der Waals surface area contributed by atoms with Gasteiger partial charge in [0, 0.05) is 38.7 Å². The van der Waals surface area contributed by atoms with Gasteiger partial charge in [0.05, 0.1) is 13.7 Å². The Morgan fingerprint density at radius 2 is 2.11 bits per heavy atom. The van der Waals surface area contributed by atoms with Gasteiger partial charge in [0.2, 0.25) is 5.91 Å². The van der Waals surface area contributed by atoms with Gasteiger partial charge in [0.15, 0.2) is 5.96 Å². The Balaban J connectivity index is 1.72. The second-order valence-electron chi connectivity index (χ2n) is 7.03. The lowest BCUT2D eigenvalue weighted by Gasteiger charge is -2.27. The molecule has 2 N–H and O–H groups in total. The normalized spacial score (nSPS) is 16.6. The van der Waals surface area contributed by atoms with Crippen LogP contribution in [-0.2, 0) is 4.79 Å². The van der Waals surface area contributed by atoms with Gasteiger partial charge >= 0.3 is 0 Å². The Bertz CT molecular complexity index is 650. The molecule has 2 rings (SSSR count). The first-order valence-electron chi connectivity index (χ1n) is 10.1. The molecule has 0 aromatic heterocycles. The van der Waals surface area contributed by atoms with Gasteiger partial charge in [-0.05, 0) is 38.3 Å². The third kappa shape index (κ3) is 6.62. The van der Waals surface area contributed by atoms with Crippen molar-refractivity contribution in [2.45, 2.75) is 51.7 Å². The van der Waals surface area contributed by atoms with Crippen molar-refractivity contribution in [3.05, 3.63) is 24.3 Å². The monoisotopic (exact) mass is 390 g/mol.